The van der Waals surface area contributed by atoms with Crippen LogP contribution in [0.4, 0.5) is 0 Å². The van der Waals surface area contributed by atoms with Gasteiger partial charge in [-0.05, 0) is 83.5 Å². The van der Waals surface area contributed by atoms with Crippen molar-refractivity contribution in [3.63, 3.8) is 0 Å². The van der Waals surface area contributed by atoms with Crippen LogP contribution in [0.15, 0.2) is 60.8 Å². The lowest BCUT2D eigenvalue weighted by atomic mass is 10.0. The molecule has 0 aromatic heterocycles. The molecule has 6 nitrogen and oxygen atoms in total. The Morgan fingerprint density at radius 3 is 0.925 bits per heavy atom. The van der Waals surface area contributed by atoms with Gasteiger partial charge in [-0.1, -0.05) is 248 Å². The molecule has 0 fully saturated rings. The highest BCUT2D eigenvalue weighted by Gasteiger charge is 2.19. The van der Waals surface area contributed by atoms with Gasteiger partial charge in [0.2, 0.25) is 0 Å². The van der Waals surface area contributed by atoms with Crippen LogP contribution in [0.25, 0.3) is 0 Å². The first kappa shape index (κ1) is 64.1. The Kier molecular flexibility index (Phi) is 53.3. The van der Waals surface area contributed by atoms with Gasteiger partial charge < -0.3 is 14.2 Å². The highest BCUT2D eigenvalue weighted by molar-refractivity contribution is 5.71. The van der Waals surface area contributed by atoms with E-state index in [1.807, 2.05) is 0 Å². The minimum Gasteiger partial charge on any atom is -0.462 e. The molecule has 0 aliphatic rings. The second-order valence-electron chi connectivity index (χ2n) is 19.2. The van der Waals surface area contributed by atoms with E-state index < -0.39 is 6.10 Å². The number of esters is 3. The Morgan fingerprint density at radius 2 is 0.552 bits per heavy atom. The van der Waals surface area contributed by atoms with Gasteiger partial charge in [0.1, 0.15) is 13.2 Å². The topological polar surface area (TPSA) is 78.9 Å². The molecule has 0 bridgehead atoms. The highest BCUT2D eigenvalue weighted by atomic mass is 16.6. The van der Waals surface area contributed by atoms with Crippen LogP contribution in [0.5, 0.6) is 0 Å². The van der Waals surface area contributed by atoms with Gasteiger partial charge in [-0.25, -0.2) is 0 Å². The van der Waals surface area contributed by atoms with Crippen molar-refractivity contribution in [3.8, 4) is 0 Å². The third-order valence-corrected chi connectivity index (χ3v) is 12.5. The maximum absolute atomic E-state index is 12.8. The first-order valence-electron chi connectivity index (χ1n) is 28.8. The molecule has 0 N–H and O–H groups in total. The van der Waals surface area contributed by atoms with Crippen LogP contribution in [0.2, 0.25) is 0 Å². The molecule has 1 atom stereocenters. The molecule has 0 aliphatic carbocycles. The number of rotatable bonds is 52. The predicted molar refractivity (Wildman–Crippen MR) is 288 cm³/mol. The van der Waals surface area contributed by atoms with E-state index in [0.717, 1.165) is 64.2 Å². The van der Waals surface area contributed by atoms with Crippen molar-refractivity contribution in [3.05, 3.63) is 60.8 Å². The van der Waals surface area contributed by atoms with Crippen LogP contribution in [0.3, 0.4) is 0 Å². The van der Waals surface area contributed by atoms with E-state index >= 15 is 0 Å². The van der Waals surface area contributed by atoms with Crippen LogP contribution in [-0.2, 0) is 28.6 Å². The number of allylic oxidation sites excluding steroid dienone is 10. The lowest BCUT2D eigenvalue weighted by Crippen LogP contribution is -2.30. The Balaban J connectivity index is 4.42. The lowest BCUT2D eigenvalue weighted by Gasteiger charge is -2.18. The van der Waals surface area contributed by atoms with E-state index in [2.05, 4.69) is 81.5 Å². The summed E-state index contributed by atoms with van der Waals surface area (Å²) in [7, 11) is 0. The van der Waals surface area contributed by atoms with E-state index in [9.17, 15) is 14.4 Å². The fourth-order valence-corrected chi connectivity index (χ4v) is 8.14. The first-order valence-corrected chi connectivity index (χ1v) is 28.8. The van der Waals surface area contributed by atoms with Crippen molar-refractivity contribution >= 4 is 17.9 Å². The smallest absolute Gasteiger partial charge is 0.306 e. The molecule has 6 heteroatoms. The zero-order chi connectivity index (χ0) is 48.6. The Morgan fingerprint density at radius 1 is 0.299 bits per heavy atom. The summed E-state index contributed by atoms with van der Waals surface area (Å²) in [6, 6.07) is 0. The average molecular weight is 938 g/mol. The van der Waals surface area contributed by atoms with Gasteiger partial charge in [0.25, 0.3) is 0 Å². The summed E-state index contributed by atoms with van der Waals surface area (Å²) in [5.41, 5.74) is 0. The summed E-state index contributed by atoms with van der Waals surface area (Å²) in [6.07, 6.45) is 69.3. The molecule has 67 heavy (non-hydrogen) atoms. The molecule has 0 aliphatic heterocycles. The zero-order valence-electron chi connectivity index (χ0n) is 44.4. The Labute approximate surface area is 415 Å². The minimum absolute atomic E-state index is 0.0938. The lowest BCUT2D eigenvalue weighted by molar-refractivity contribution is -0.167. The Hall–Kier alpha value is -2.89. The molecule has 388 valence electrons. The van der Waals surface area contributed by atoms with Crippen molar-refractivity contribution < 1.29 is 28.6 Å². The van der Waals surface area contributed by atoms with Crippen molar-refractivity contribution in [2.24, 2.45) is 0 Å². The SMILES string of the molecule is CCCCC/C=C\C/C=C\C/C=C\C/C=C\CCCC(=O)O[C@@H](COC(=O)CCCCCCCCCCC/C=C\CCCCCCCC)COC(=O)CCCCCCCCCCCCCCC. The van der Waals surface area contributed by atoms with Crippen LogP contribution in [-0.4, -0.2) is 37.2 Å². The number of unbranched alkanes of at least 4 members (excludes halogenated alkanes) is 31. The number of ether oxygens (including phenoxy) is 3. The van der Waals surface area contributed by atoms with E-state index in [0.29, 0.717) is 19.3 Å². The molecule has 0 spiro atoms. The van der Waals surface area contributed by atoms with Crippen molar-refractivity contribution in [1.29, 1.82) is 0 Å². The third kappa shape index (κ3) is 53.9. The molecular weight excluding hydrogens is 829 g/mol. The van der Waals surface area contributed by atoms with Gasteiger partial charge in [-0.15, -0.1) is 0 Å². The molecule has 0 unspecified atom stereocenters. The molecule has 0 saturated heterocycles. The third-order valence-electron chi connectivity index (χ3n) is 12.5. The number of carbonyl (C=O) groups is 3. The van der Waals surface area contributed by atoms with Crippen molar-refractivity contribution in [2.75, 3.05) is 13.2 Å². The Bertz CT molecular complexity index is 1210. The molecule has 0 radical (unpaired) electrons. The fourth-order valence-electron chi connectivity index (χ4n) is 8.14. The van der Waals surface area contributed by atoms with E-state index in [1.54, 1.807) is 0 Å². The van der Waals surface area contributed by atoms with Gasteiger partial charge in [0.05, 0.1) is 0 Å². The normalized spacial score (nSPS) is 12.5. The molecule has 0 saturated carbocycles. The molecular formula is C61H108O6. The minimum atomic E-state index is -0.801. The van der Waals surface area contributed by atoms with Gasteiger partial charge in [0.15, 0.2) is 6.10 Å². The van der Waals surface area contributed by atoms with Crippen molar-refractivity contribution in [1.82, 2.24) is 0 Å². The van der Waals surface area contributed by atoms with Crippen molar-refractivity contribution in [2.45, 2.75) is 297 Å². The summed E-state index contributed by atoms with van der Waals surface area (Å²) in [6.45, 7) is 6.58. The van der Waals surface area contributed by atoms with Crippen LogP contribution < -0.4 is 0 Å². The quantitative estimate of drug-likeness (QED) is 0.0262. The zero-order valence-corrected chi connectivity index (χ0v) is 44.4. The summed E-state index contributed by atoms with van der Waals surface area (Å²) < 4.78 is 16.8. The van der Waals surface area contributed by atoms with E-state index in [4.69, 9.17) is 14.2 Å². The predicted octanol–water partition coefficient (Wildman–Crippen LogP) is 19.2. The first-order chi connectivity index (χ1) is 33.0. The highest BCUT2D eigenvalue weighted by Crippen LogP contribution is 2.16. The standard InChI is InChI=1S/C61H108O6/c1-4-7-10-13-16-19-22-25-27-29-30-32-33-36-39-42-45-48-51-54-60(63)66-57-58(56-65-59(62)53-50-47-44-41-38-35-24-21-18-15-12-9-6-3)67-61(64)55-52-49-46-43-40-37-34-31-28-26-23-20-17-14-11-8-5-2/h17,20,25-28,34,37,43,46,58H,4-16,18-19,21-24,29-33,35-36,38-42,44-45,47-57H2,1-3H3/b20-17-,27-25-,28-26-,37-34-,46-43-/t58-/m1/s1. The van der Waals surface area contributed by atoms with Gasteiger partial charge in [-0.3, -0.25) is 14.4 Å². The second-order valence-corrected chi connectivity index (χ2v) is 19.2. The van der Waals surface area contributed by atoms with Crippen LogP contribution in [0.1, 0.15) is 290 Å². The van der Waals surface area contributed by atoms with E-state index in [1.165, 1.54) is 180 Å². The fraction of sp³-hybridized carbons (Fsp3) is 0.787. The molecule has 0 amide bonds. The maximum atomic E-state index is 12.8. The summed E-state index contributed by atoms with van der Waals surface area (Å²) >= 11 is 0. The number of carbonyl (C=O) groups excluding carboxylic acids is 3. The van der Waals surface area contributed by atoms with Crippen LogP contribution >= 0.6 is 0 Å². The van der Waals surface area contributed by atoms with Gasteiger partial charge in [0, 0.05) is 19.3 Å². The number of hydrogen-bond acceptors (Lipinski definition) is 6. The largest absolute Gasteiger partial charge is 0.462 e. The van der Waals surface area contributed by atoms with Gasteiger partial charge in [-0.2, -0.15) is 0 Å². The molecule has 0 rings (SSSR count). The van der Waals surface area contributed by atoms with Crippen LogP contribution in [0, 0.1) is 0 Å². The molecule has 0 aromatic rings. The average Bonchev–Trinajstić information content (AvgIpc) is 3.33. The summed E-state index contributed by atoms with van der Waals surface area (Å²) in [5.74, 6) is -0.941. The summed E-state index contributed by atoms with van der Waals surface area (Å²) in [5, 5.41) is 0. The molecule has 0 heterocycles. The number of hydrogen-bond donors (Lipinski definition) is 0. The van der Waals surface area contributed by atoms with Gasteiger partial charge >= 0.3 is 17.9 Å². The van der Waals surface area contributed by atoms with E-state index in [-0.39, 0.29) is 37.5 Å². The summed E-state index contributed by atoms with van der Waals surface area (Å²) in [4.78, 5) is 38.1. The molecule has 0 aromatic carbocycles. The second kappa shape index (κ2) is 55.7. The monoisotopic (exact) mass is 937 g/mol. The maximum Gasteiger partial charge on any atom is 0.306 e.